The van der Waals surface area contributed by atoms with Gasteiger partial charge in [0.2, 0.25) is 0 Å². The molecule has 1 heterocycles. The molecule has 4 nitrogen and oxygen atoms in total. The molecule has 17 heavy (non-hydrogen) atoms. The Labute approximate surface area is 104 Å². The second-order valence-electron chi connectivity index (χ2n) is 5.84. The molecule has 0 aromatic rings. The first-order chi connectivity index (χ1) is 8.12. The van der Waals surface area contributed by atoms with Gasteiger partial charge in [-0.2, -0.15) is 0 Å². The van der Waals surface area contributed by atoms with Gasteiger partial charge in [0.05, 0.1) is 6.61 Å². The van der Waals surface area contributed by atoms with Gasteiger partial charge in [-0.3, -0.25) is 4.99 Å². The number of aliphatic imine (C=N–C) groups is 1. The van der Waals surface area contributed by atoms with Crippen LogP contribution in [-0.2, 0) is 4.74 Å². The molecular weight excluding hydrogens is 214 g/mol. The molecule has 2 atom stereocenters. The van der Waals surface area contributed by atoms with Crippen molar-refractivity contribution in [3.8, 4) is 0 Å². The number of rotatable bonds is 4. The van der Waals surface area contributed by atoms with E-state index in [1.165, 1.54) is 6.42 Å². The van der Waals surface area contributed by atoms with Crippen molar-refractivity contribution in [2.45, 2.75) is 39.7 Å². The summed E-state index contributed by atoms with van der Waals surface area (Å²) in [4.78, 5) is 4.66. The van der Waals surface area contributed by atoms with Crippen molar-refractivity contribution in [3.05, 3.63) is 0 Å². The van der Waals surface area contributed by atoms with E-state index in [4.69, 9.17) is 4.74 Å². The first kappa shape index (κ1) is 12.7. The van der Waals surface area contributed by atoms with Gasteiger partial charge in [0.15, 0.2) is 5.96 Å². The highest BCUT2D eigenvalue weighted by Crippen LogP contribution is 2.44. The molecule has 2 N–H and O–H groups in total. The average molecular weight is 239 g/mol. The lowest BCUT2D eigenvalue weighted by Gasteiger charge is -2.13. The summed E-state index contributed by atoms with van der Waals surface area (Å²) in [6.45, 7) is 10.3. The monoisotopic (exact) mass is 239 g/mol. The highest BCUT2D eigenvalue weighted by atomic mass is 16.5. The van der Waals surface area contributed by atoms with Crippen LogP contribution in [0.4, 0.5) is 0 Å². The molecule has 1 saturated carbocycles. The van der Waals surface area contributed by atoms with Gasteiger partial charge in [0.25, 0.3) is 0 Å². The van der Waals surface area contributed by atoms with E-state index in [-0.39, 0.29) is 0 Å². The molecule has 1 aliphatic heterocycles. The van der Waals surface area contributed by atoms with Crippen LogP contribution in [0.3, 0.4) is 0 Å². The van der Waals surface area contributed by atoms with Gasteiger partial charge >= 0.3 is 0 Å². The third-order valence-corrected chi connectivity index (χ3v) is 3.70. The lowest BCUT2D eigenvalue weighted by molar-refractivity contribution is 0.187. The average Bonchev–Trinajstić information content (AvgIpc) is 2.69. The Morgan fingerprint density at radius 2 is 2.24 bits per heavy atom. The summed E-state index contributed by atoms with van der Waals surface area (Å²) in [6.07, 6.45) is 2.39. The molecule has 0 spiro atoms. The highest BCUT2D eigenvalue weighted by Gasteiger charge is 2.46. The Kier molecular flexibility index (Phi) is 3.92. The molecule has 98 valence electrons. The van der Waals surface area contributed by atoms with Crippen LogP contribution in [0.25, 0.3) is 0 Å². The Morgan fingerprint density at radius 1 is 1.47 bits per heavy atom. The van der Waals surface area contributed by atoms with Crippen molar-refractivity contribution < 1.29 is 4.74 Å². The van der Waals surface area contributed by atoms with Gasteiger partial charge in [0, 0.05) is 31.7 Å². The fourth-order valence-electron chi connectivity index (χ4n) is 2.15. The van der Waals surface area contributed by atoms with Crippen molar-refractivity contribution in [2.75, 3.05) is 26.3 Å². The zero-order chi connectivity index (χ0) is 12.3. The van der Waals surface area contributed by atoms with E-state index in [1.54, 1.807) is 0 Å². The minimum absolute atomic E-state index is 0.437. The second kappa shape index (κ2) is 5.25. The van der Waals surface area contributed by atoms with Crippen LogP contribution in [0.5, 0.6) is 0 Å². The Hall–Kier alpha value is -0.770. The smallest absolute Gasteiger partial charge is 0.191 e. The Bertz CT molecular complexity index is 282. The molecular formula is C13H25N3O. The van der Waals surface area contributed by atoms with Crippen LogP contribution in [0, 0.1) is 11.3 Å². The van der Waals surface area contributed by atoms with Gasteiger partial charge < -0.3 is 15.4 Å². The molecule has 1 aliphatic carbocycles. The first-order valence-electron chi connectivity index (χ1n) is 6.74. The van der Waals surface area contributed by atoms with E-state index < -0.39 is 0 Å². The van der Waals surface area contributed by atoms with E-state index in [1.807, 2.05) is 0 Å². The molecule has 2 unspecified atom stereocenters. The van der Waals surface area contributed by atoms with Crippen LogP contribution in [0.15, 0.2) is 4.99 Å². The third kappa shape index (κ3) is 3.60. The molecule has 0 aromatic carbocycles. The predicted molar refractivity (Wildman–Crippen MR) is 70.2 cm³/mol. The zero-order valence-corrected chi connectivity index (χ0v) is 11.3. The number of guanidine groups is 1. The van der Waals surface area contributed by atoms with Crippen molar-refractivity contribution in [2.24, 2.45) is 16.3 Å². The molecule has 0 radical (unpaired) electrons. The SMILES string of the molecule is CCNC(=NCC1CCOC1)NC1CC1(C)C. The topological polar surface area (TPSA) is 45.7 Å². The summed E-state index contributed by atoms with van der Waals surface area (Å²) in [6, 6.07) is 0.583. The molecule has 1 saturated heterocycles. The minimum atomic E-state index is 0.437. The van der Waals surface area contributed by atoms with Crippen molar-refractivity contribution in [1.29, 1.82) is 0 Å². The summed E-state index contributed by atoms with van der Waals surface area (Å²) in [7, 11) is 0. The summed E-state index contributed by atoms with van der Waals surface area (Å²) in [5.74, 6) is 1.58. The lowest BCUT2D eigenvalue weighted by atomic mass is 10.1. The van der Waals surface area contributed by atoms with Gasteiger partial charge in [-0.15, -0.1) is 0 Å². The van der Waals surface area contributed by atoms with Crippen LogP contribution in [0.1, 0.15) is 33.6 Å². The zero-order valence-electron chi connectivity index (χ0n) is 11.3. The maximum atomic E-state index is 5.37. The van der Waals surface area contributed by atoms with E-state index in [9.17, 15) is 0 Å². The Morgan fingerprint density at radius 3 is 2.76 bits per heavy atom. The van der Waals surface area contributed by atoms with E-state index in [0.29, 0.717) is 17.4 Å². The van der Waals surface area contributed by atoms with Crippen molar-refractivity contribution in [3.63, 3.8) is 0 Å². The van der Waals surface area contributed by atoms with E-state index >= 15 is 0 Å². The van der Waals surface area contributed by atoms with Crippen LogP contribution < -0.4 is 10.6 Å². The van der Waals surface area contributed by atoms with Crippen molar-refractivity contribution >= 4 is 5.96 Å². The van der Waals surface area contributed by atoms with Crippen LogP contribution >= 0.6 is 0 Å². The lowest BCUT2D eigenvalue weighted by Crippen LogP contribution is -2.40. The summed E-state index contributed by atoms with van der Waals surface area (Å²) < 4.78 is 5.37. The van der Waals surface area contributed by atoms with Crippen molar-refractivity contribution in [1.82, 2.24) is 10.6 Å². The van der Waals surface area contributed by atoms with Crippen LogP contribution in [0.2, 0.25) is 0 Å². The minimum Gasteiger partial charge on any atom is -0.381 e. The fourth-order valence-corrected chi connectivity index (χ4v) is 2.15. The Balaban J connectivity index is 1.80. The fraction of sp³-hybridized carbons (Fsp3) is 0.923. The molecule has 4 heteroatoms. The van der Waals surface area contributed by atoms with Gasteiger partial charge in [-0.1, -0.05) is 13.8 Å². The molecule has 2 rings (SSSR count). The number of nitrogens with one attached hydrogen (secondary N) is 2. The van der Waals surface area contributed by atoms with E-state index in [2.05, 4.69) is 36.4 Å². The standard InChI is InChI=1S/C13H25N3O/c1-4-14-12(16-11-7-13(11,2)3)15-8-10-5-6-17-9-10/h10-11H,4-9H2,1-3H3,(H2,14,15,16). The van der Waals surface area contributed by atoms with Gasteiger partial charge in [-0.25, -0.2) is 0 Å². The molecule has 2 aliphatic rings. The predicted octanol–water partition coefficient (Wildman–Crippen LogP) is 1.38. The number of ether oxygens (including phenoxy) is 1. The molecule has 2 fully saturated rings. The number of hydrogen-bond donors (Lipinski definition) is 2. The van der Waals surface area contributed by atoms with E-state index in [0.717, 1.165) is 38.7 Å². The molecule has 0 amide bonds. The normalized spacial score (nSPS) is 31.4. The molecule has 0 aromatic heterocycles. The summed E-state index contributed by atoms with van der Waals surface area (Å²) >= 11 is 0. The largest absolute Gasteiger partial charge is 0.381 e. The van der Waals surface area contributed by atoms with Gasteiger partial charge in [-0.05, 0) is 25.2 Å². The number of nitrogens with zero attached hydrogens (tertiary/aromatic N) is 1. The van der Waals surface area contributed by atoms with Gasteiger partial charge in [0.1, 0.15) is 0 Å². The second-order valence-corrected chi connectivity index (χ2v) is 5.84. The third-order valence-electron chi connectivity index (χ3n) is 3.70. The summed E-state index contributed by atoms with van der Waals surface area (Å²) in [5.41, 5.74) is 0.437. The molecule has 0 bridgehead atoms. The first-order valence-corrected chi connectivity index (χ1v) is 6.74. The maximum absolute atomic E-state index is 5.37. The highest BCUT2D eigenvalue weighted by molar-refractivity contribution is 5.80. The number of hydrogen-bond acceptors (Lipinski definition) is 2. The summed E-state index contributed by atoms with van der Waals surface area (Å²) in [5, 5.41) is 6.82. The van der Waals surface area contributed by atoms with Crippen LogP contribution in [-0.4, -0.2) is 38.3 Å². The maximum Gasteiger partial charge on any atom is 0.191 e. The quantitative estimate of drug-likeness (QED) is 0.575.